The number of amides is 2. The molecular weight excluding hydrogens is 543 g/mol. The Morgan fingerprint density at radius 3 is 2.49 bits per heavy atom. The third kappa shape index (κ3) is 5.39. The monoisotopic (exact) mass is 572 g/mol. The molecule has 1 N–H and O–H groups in total. The second kappa shape index (κ2) is 11.3. The molecule has 2 heterocycles. The van der Waals surface area contributed by atoms with Crippen molar-refractivity contribution >= 4 is 29.4 Å². The predicted octanol–water partition coefficient (Wildman–Crippen LogP) is 5.14. The van der Waals surface area contributed by atoms with E-state index in [9.17, 15) is 14.0 Å². The van der Waals surface area contributed by atoms with Crippen molar-refractivity contribution in [2.45, 2.75) is 24.1 Å². The molecule has 41 heavy (non-hydrogen) atoms. The zero-order valence-electron chi connectivity index (χ0n) is 22.7. The Morgan fingerprint density at radius 1 is 1.05 bits per heavy atom. The van der Waals surface area contributed by atoms with Gasteiger partial charge in [-0.25, -0.2) is 9.07 Å². The molecule has 1 saturated carbocycles. The number of carbonyl (C=O) groups excluding carboxylic acids is 2. The van der Waals surface area contributed by atoms with Gasteiger partial charge in [0.2, 0.25) is 11.8 Å². The summed E-state index contributed by atoms with van der Waals surface area (Å²) in [6.07, 6.45) is 1.87. The molecule has 2 aliphatic rings. The van der Waals surface area contributed by atoms with Gasteiger partial charge in [-0.15, -0.1) is 11.8 Å². The standard InChI is InChI=1S/C31H29FN4O4S/c1-39-23-14-15-25(40-2)24(16-23)30-28-29(19-6-4-3-5-7-19)34-36(22-12-8-20(32)9-13-22)31(28)35(27(38)18-41-30)17-26(37)33-21-10-11-21/h3-9,12-16,21,30H,10-11,17-18H2,1-2H3,(H,33,37). The first-order valence-corrected chi connectivity index (χ1v) is 14.4. The molecule has 1 aliphatic heterocycles. The van der Waals surface area contributed by atoms with Crippen LogP contribution in [0.3, 0.4) is 0 Å². The Hall–Kier alpha value is -4.31. The molecule has 1 unspecified atom stereocenters. The molecule has 4 aromatic rings. The van der Waals surface area contributed by atoms with Gasteiger partial charge in [-0.2, -0.15) is 5.10 Å². The summed E-state index contributed by atoms with van der Waals surface area (Å²) >= 11 is 1.44. The summed E-state index contributed by atoms with van der Waals surface area (Å²) in [5.74, 6) is 1.01. The van der Waals surface area contributed by atoms with Gasteiger partial charge in [0.15, 0.2) is 0 Å². The number of fused-ring (bicyclic) bond motifs is 1. The molecule has 10 heteroatoms. The third-order valence-electron chi connectivity index (χ3n) is 7.17. The number of hydrogen-bond donors (Lipinski definition) is 1. The number of anilines is 1. The van der Waals surface area contributed by atoms with Gasteiger partial charge in [-0.1, -0.05) is 30.3 Å². The molecule has 0 radical (unpaired) electrons. The van der Waals surface area contributed by atoms with Gasteiger partial charge in [0, 0.05) is 22.7 Å². The number of hydrogen-bond acceptors (Lipinski definition) is 6. The van der Waals surface area contributed by atoms with Crippen LogP contribution in [-0.2, 0) is 9.59 Å². The van der Waals surface area contributed by atoms with E-state index in [0.717, 1.165) is 29.5 Å². The van der Waals surface area contributed by atoms with E-state index < -0.39 is 5.25 Å². The van der Waals surface area contributed by atoms with Crippen molar-refractivity contribution in [3.63, 3.8) is 0 Å². The molecule has 1 fully saturated rings. The number of halogens is 1. The summed E-state index contributed by atoms with van der Waals surface area (Å²) in [5.41, 5.74) is 3.62. The third-order valence-corrected chi connectivity index (χ3v) is 8.41. The Kier molecular flexibility index (Phi) is 7.40. The fourth-order valence-corrected chi connectivity index (χ4v) is 6.24. The number of benzene rings is 3. The zero-order chi connectivity index (χ0) is 28.5. The Morgan fingerprint density at radius 2 is 1.80 bits per heavy atom. The molecule has 6 rings (SSSR count). The van der Waals surface area contributed by atoms with Crippen LogP contribution in [0.15, 0.2) is 72.8 Å². The first kappa shape index (κ1) is 26.9. The van der Waals surface area contributed by atoms with E-state index in [1.165, 1.54) is 28.8 Å². The number of aromatic nitrogens is 2. The Balaban J connectivity index is 1.62. The second-order valence-electron chi connectivity index (χ2n) is 9.96. The molecule has 210 valence electrons. The van der Waals surface area contributed by atoms with Crippen molar-refractivity contribution < 1.29 is 23.5 Å². The van der Waals surface area contributed by atoms with Crippen molar-refractivity contribution in [1.82, 2.24) is 15.1 Å². The summed E-state index contributed by atoms with van der Waals surface area (Å²) in [4.78, 5) is 28.4. The highest BCUT2D eigenvalue weighted by atomic mass is 32.2. The van der Waals surface area contributed by atoms with E-state index in [0.29, 0.717) is 28.7 Å². The quantitative estimate of drug-likeness (QED) is 0.315. The van der Waals surface area contributed by atoms with Gasteiger partial charge in [-0.05, 0) is 55.3 Å². The fraction of sp³-hybridized carbons (Fsp3) is 0.258. The fourth-order valence-electron chi connectivity index (χ4n) is 5.03. The number of rotatable bonds is 8. The number of nitrogens with zero attached hydrogens (tertiary/aromatic N) is 3. The second-order valence-corrected chi connectivity index (χ2v) is 11.1. The molecule has 3 aromatic carbocycles. The van der Waals surface area contributed by atoms with E-state index in [1.54, 1.807) is 31.0 Å². The maximum Gasteiger partial charge on any atom is 0.240 e. The van der Waals surface area contributed by atoms with Crippen molar-refractivity contribution in [2.75, 3.05) is 31.4 Å². The molecule has 1 aromatic heterocycles. The number of nitrogens with one attached hydrogen (secondary N) is 1. The van der Waals surface area contributed by atoms with Crippen LogP contribution in [0, 0.1) is 5.82 Å². The first-order valence-electron chi connectivity index (χ1n) is 13.3. The van der Waals surface area contributed by atoms with Gasteiger partial charge in [-0.3, -0.25) is 14.5 Å². The number of methoxy groups -OCH3 is 2. The van der Waals surface area contributed by atoms with Crippen molar-refractivity contribution in [2.24, 2.45) is 0 Å². The zero-order valence-corrected chi connectivity index (χ0v) is 23.5. The van der Waals surface area contributed by atoms with Gasteiger partial charge in [0.05, 0.1) is 36.6 Å². The topological polar surface area (TPSA) is 85.7 Å². The molecule has 1 aliphatic carbocycles. The predicted molar refractivity (Wildman–Crippen MR) is 156 cm³/mol. The van der Waals surface area contributed by atoms with E-state index >= 15 is 0 Å². The molecule has 1 atom stereocenters. The van der Waals surface area contributed by atoms with Crippen LogP contribution in [0.1, 0.15) is 29.2 Å². The molecule has 0 saturated heterocycles. The Labute approximate surface area is 241 Å². The van der Waals surface area contributed by atoms with Crippen LogP contribution in [0.4, 0.5) is 10.2 Å². The minimum atomic E-state index is -0.403. The van der Waals surface area contributed by atoms with Gasteiger partial charge in [0.25, 0.3) is 0 Å². The maximum absolute atomic E-state index is 14.0. The van der Waals surface area contributed by atoms with Crippen LogP contribution < -0.4 is 19.7 Å². The van der Waals surface area contributed by atoms with Gasteiger partial charge >= 0.3 is 0 Å². The van der Waals surface area contributed by atoms with E-state index in [4.69, 9.17) is 14.6 Å². The normalized spacial score (nSPS) is 16.6. The van der Waals surface area contributed by atoms with Crippen molar-refractivity contribution in [1.29, 1.82) is 0 Å². The van der Waals surface area contributed by atoms with Gasteiger partial charge in [0.1, 0.15) is 29.7 Å². The highest BCUT2D eigenvalue weighted by Crippen LogP contribution is 2.51. The van der Waals surface area contributed by atoms with Crippen LogP contribution in [0.5, 0.6) is 11.5 Å². The lowest BCUT2D eigenvalue weighted by Crippen LogP contribution is -2.43. The van der Waals surface area contributed by atoms with Crippen molar-refractivity contribution in [3.05, 3.63) is 89.7 Å². The lowest BCUT2D eigenvalue weighted by Gasteiger charge is -2.23. The lowest BCUT2D eigenvalue weighted by atomic mass is 9.98. The summed E-state index contributed by atoms with van der Waals surface area (Å²) in [6.45, 7) is -0.161. The van der Waals surface area contributed by atoms with E-state index in [1.807, 2.05) is 48.5 Å². The number of carbonyl (C=O) groups is 2. The molecule has 2 amide bonds. The average Bonchev–Trinajstić information content (AvgIpc) is 3.75. The van der Waals surface area contributed by atoms with E-state index in [2.05, 4.69) is 5.32 Å². The molecule has 8 nitrogen and oxygen atoms in total. The van der Waals surface area contributed by atoms with Crippen LogP contribution >= 0.6 is 11.8 Å². The van der Waals surface area contributed by atoms with Crippen LogP contribution in [-0.4, -0.2) is 54.2 Å². The summed E-state index contributed by atoms with van der Waals surface area (Å²) < 4.78 is 26.9. The minimum Gasteiger partial charge on any atom is -0.497 e. The highest BCUT2D eigenvalue weighted by molar-refractivity contribution is 8.00. The maximum atomic E-state index is 14.0. The Bertz CT molecular complexity index is 1590. The minimum absolute atomic E-state index is 0.119. The number of ether oxygens (including phenoxy) is 2. The molecule has 0 bridgehead atoms. The summed E-state index contributed by atoms with van der Waals surface area (Å²) in [5, 5.41) is 7.62. The van der Waals surface area contributed by atoms with Crippen LogP contribution in [0.2, 0.25) is 0 Å². The smallest absolute Gasteiger partial charge is 0.240 e. The largest absolute Gasteiger partial charge is 0.497 e. The molecule has 0 spiro atoms. The van der Waals surface area contributed by atoms with Crippen LogP contribution in [0.25, 0.3) is 16.9 Å². The number of thioether (sulfide) groups is 1. The summed E-state index contributed by atoms with van der Waals surface area (Å²) in [7, 11) is 3.20. The molecular formula is C31H29FN4O4S. The van der Waals surface area contributed by atoms with E-state index in [-0.39, 0.29) is 36.0 Å². The summed E-state index contributed by atoms with van der Waals surface area (Å²) in [6, 6.07) is 21.3. The highest BCUT2D eigenvalue weighted by Gasteiger charge is 2.39. The van der Waals surface area contributed by atoms with Crippen molar-refractivity contribution in [3.8, 4) is 28.4 Å². The average molecular weight is 573 g/mol. The van der Waals surface area contributed by atoms with Gasteiger partial charge < -0.3 is 14.8 Å². The lowest BCUT2D eigenvalue weighted by molar-refractivity contribution is -0.123. The first-order chi connectivity index (χ1) is 20.0. The SMILES string of the molecule is COc1ccc(OC)c(C2SCC(=O)N(CC(=O)NC3CC3)c3c2c(-c2ccccc2)nn3-c2ccc(F)cc2)c1.